The zero-order chi connectivity index (χ0) is 16.1. The van der Waals surface area contributed by atoms with Crippen molar-refractivity contribution in [1.29, 1.82) is 0 Å². The number of hydrogen-bond acceptors (Lipinski definition) is 3. The van der Waals surface area contributed by atoms with Crippen molar-refractivity contribution in [3.8, 4) is 0 Å². The number of rotatable bonds is 4. The molecular weight excluding hydrogens is 284 g/mol. The van der Waals surface area contributed by atoms with Crippen molar-refractivity contribution in [1.82, 2.24) is 20.7 Å². The largest absolute Gasteiger partial charge is 0.347 e. The molecule has 0 spiro atoms. The number of nitrogens with zero attached hydrogens (tertiary/aromatic N) is 1. The van der Waals surface area contributed by atoms with Crippen LogP contribution in [-0.2, 0) is 16.6 Å². The van der Waals surface area contributed by atoms with Crippen LogP contribution in [0.5, 0.6) is 0 Å². The van der Waals surface area contributed by atoms with Gasteiger partial charge < -0.3 is 9.88 Å². The van der Waals surface area contributed by atoms with E-state index in [9.17, 15) is 14.4 Å². The van der Waals surface area contributed by atoms with E-state index >= 15 is 0 Å². The summed E-state index contributed by atoms with van der Waals surface area (Å²) >= 11 is 0. The van der Waals surface area contributed by atoms with Crippen LogP contribution >= 0.6 is 0 Å². The Morgan fingerprint density at radius 2 is 1.91 bits per heavy atom. The van der Waals surface area contributed by atoms with Crippen LogP contribution in [0, 0.1) is 5.92 Å². The fraction of sp³-hybridized carbons (Fsp3) is 0.533. The van der Waals surface area contributed by atoms with Gasteiger partial charge in [-0.25, -0.2) is 0 Å². The van der Waals surface area contributed by atoms with Gasteiger partial charge in [-0.3, -0.25) is 25.2 Å². The second-order valence-electron chi connectivity index (χ2n) is 5.67. The molecule has 0 aliphatic heterocycles. The third-order valence-corrected chi connectivity index (χ3v) is 3.99. The molecule has 1 aliphatic rings. The van der Waals surface area contributed by atoms with Gasteiger partial charge in [0.1, 0.15) is 11.7 Å². The summed E-state index contributed by atoms with van der Waals surface area (Å²) in [7, 11) is 1.75. The van der Waals surface area contributed by atoms with Gasteiger partial charge in [-0.05, 0) is 30.9 Å². The van der Waals surface area contributed by atoms with Crippen molar-refractivity contribution >= 4 is 17.7 Å². The molecule has 7 heteroatoms. The Labute approximate surface area is 129 Å². The smallest absolute Gasteiger partial charge is 0.286 e. The SMILES string of the molecule is CC(=O)NC(C(=O)NNC(=O)c1cccn1C)C1CCCC1. The van der Waals surface area contributed by atoms with Crippen LogP contribution < -0.4 is 16.2 Å². The van der Waals surface area contributed by atoms with E-state index in [2.05, 4.69) is 16.2 Å². The van der Waals surface area contributed by atoms with E-state index in [1.54, 1.807) is 29.9 Å². The summed E-state index contributed by atoms with van der Waals surface area (Å²) in [5, 5.41) is 2.68. The third-order valence-electron chi connectivity index (χ3n) is 3.99. The Morgan fingerprint density at radius 1 is 1.23 bits per heavy atom. The predicted molar refractivity (Wildman–Crippen MR) is 80.6 cm³/mol. The van der Waals surface area contributed by atoms with E-state index in [0.29, 0.717) is 5.69 Å². The molecule has 1 aromatic heterocycles. The number of aryl methyl sites for hydroxylation is 1. The number of amides is 3. The average Bonchev–Trinajstić information content (AvgIpc) is 3.12. The maximum Gasteiger partial charge on any atom is 0.286 e. The fourth-order valence-electron chi connectivity index (χ4n) is 2.86. The van der Waals surface area contributed by atoms with E-state index in [-0.39, 0.29) is 17.7 Å². The molecule has 3 amide bonds. The van der Waals surface area contributed by atoms with Gasteiger partial charge in [0.25, 0.3) is 11.8 Å². The lowest BCUT2D eigenvalue weighted by Gasteiger charge is -2.23. The Morgan fingerprint density at radius 3 is 2.45 bits per heavy atom. The highest BCUT2D eigenvalue weighted by atomic mass is 16.2. The van der Waals surface area contributed by atoms with E-state index in [4.69, 9.17) is 0 Å². The number of carbonyl (C=O) groups excluding carboxylic acids is 3. The van der Waals surface area contributed by atoms with Crippen LogP contribution in [0.1, 0.15) is 43.1 Å². The number of aromatic nitrogens is 1. The normalized spacial score (nSPS) is 16.1. The van der Waals surface area contributed by atoms with Crippen LogP contribution in [0.3, 0.4) is 0 Å². The summed E-state index contributed by atoms with van der Waals surface area (Å²) < 4.78 is 1.66. The average molecular weight is 306 g/mol. The molecule has 22 heavy (non-hydrogen) atoms. The first-order valence-electron chi connectivity index (χ1n) is 7.47. The Hall–Kier alpha value is -2.31. The van der Waals surface area contributed by atoms with Crippen LogP contribution in [-0.4, -0.2) is 28.3 Å². The van der Waals surface area contributed by atoms with Crippen LogP contribution in [0.15, 0.2) is 18.3 Å². The molecular formula is C15H22N4O3. The summed E-state index contributed by atoms with van der Waals surface area (Å²) in [6.07, 6.45) is 5.68. The van der Waals surface area contributed by atoms with Crippen molar-refractivity contribution in [2.24, 2.45) is 13.0 Å². The molecule has 7 nitrogen and oxygen atoms in total. The number of hydrogen-bond donors (Lipinski definition) is 3. The minimum Gasteiger partial charge on any atom is -0.347 e. The minimum atomic E-state index is -0.603. The molecule has 0 bridgehead atoms. The Bertz CT molecular complexity index is 561. The molecule has 3 N–H and O–H groups in total. The number of hydrazine groups is 1. The first kappa shape index (κ1) is 16.1. The highest BCUT2D eigenvalue weighted by molar-refractivity contribution is 5.95. The lowest BCUT2D eigenvalue weighted by Crippen LogP contribution is -2.54. The summed E-state index contributed by atoms with van der Waals surface area (Å²) in [5.74, 6) is -0.907. The van der Waals surface area contributed by atoms with Crippen LogP contribution in [0.2, 0.25) is 0 Å². The van der Waals surface area contributed by atoms with E-state index in [1.165, 1.54) is 6.92 Å². The molecule has 0 aromatic carbocycles. The zero-order valence-corrected chi connectivity index (χ0v) is 12.9. The standard InChI is InChI=1S/C15H22N4O3/c1-10(20)16-13(11-6-3-4-7-11)15(22)18-17-14(21)12-8-5-9-19(12)2/h5,8-9,11,13H,3-4,6-7H2,1-2H3,(H,16,20)(H,17,21)(H,18,22). The lowest BCUT2D eigenvalue weighted by molar-refractivity contribution is -0.129. The van der Waals surface area contributed by atoms with E-state index in [0.717, 1.165) is 25.7 Å². The van der Waals surface area contributed by atoms with Gasteiger partial charge in [0.15, 0.2) is 0 Å². The van der Waals surface area contributed by atoms with Gasteiger partial charge in [-0.2, -0.15) is 0 Å². The monoisotopic (exact) mass is 306 g/mol. The molecule has 120 valence electrons. The molecule has 1 heterocycles. The van der Waals surface area contributed by atoms with Crippen molar-refractivity contribution in [2.45, 2.75) is 38.6 Å². The molecule has 1 aliphatic carbocycles. The second kappa shape index (κ2) is 7.11. The molecule has 0 saturated heterocycles. The van der Waals surface area contributed by atoms with Gasteiger partial charge in [0.05, 0.1) is 0 Å². The third kappa shape index (κ3) is 3.87. The van der Waals surface area contributed by atoms with Crippen molar-refractivity contribution in [2.75, 3.05) is 0 Å². The first-order valence-corrected chi connectivity index (χ1v) is 7.47. The highest BCUT2D eigenvalue weighted by Crippen LogP contribution is 2.27. The molecule has 1 atom stereocenters. The topological polar surface area (TPSA) is 92.2 Å². The molecule has 1 fully saturated rings. The Kier molecular flexibility index (Phi) is 5.19. The predicted octanol–water partition coefficient (Wildman–Crippen LogP) is 0.481. The molecule has 1 aromatic rings. The minimum absolute atomic E-state index is 0.121. The maximum absolute atomic E-state index is 12.3. The van der Waals surface area contributed by atoms with Gasteiger partial charge in [0.2, 0.25) is 5.91 Å². The lowest BCUT2D eigenvalue weighted by atomic mass is 9.97. The molecule has 2 rings (SSSR count). The second-order valence-corrected chi connectivity index (χ2v) is 5.67. The number of nitrogens with one attached hydrogen (secondary N) is 3. The summed E-state index contributed by atoms with van der Waals surface area (Å²) in [6.45, 7) is 1.39. The Balaban J connectivity index is 1.94. The molecule has 1 saturated carbocycles. The van der Waals surface area contributed by atoms with Gasteiger partial charge in [-0.1, -0.05) is 12.8 Å². The van der Waals surface area contributed by atoms with Crippen LogP contribution in [0.25, 0.3) is 0 Å². The highest BCUT2D eigenvalue weighted by Gasteiger charge is 2.31. The summed E-state index contributed by atoms with van der Waals surface area (Å²) in [6, 6.07) is 2.80. The fourth-order valence-corrected chi connectivity index (χ4v) is 2.86. The van der Waals surface area contributed by atoms with Gasteiger partial charge in [-0.15, -0.1) is 0 Å². The zero-order valence-electron chi connectivity index (χ0n) is 12.9. The van der Waals surface area contributed by atoms with E-state index in [1.807, 2.05) is 0 Å². The van der Waals surface area contributed by atoms with Gasteiger partial charge >= 0.3 is 0 Å². The first-order chi connectivity index (χ1) is 10.5. The van der Waals surface area contributed by atoms with Crippen molar-refractivity contribution < 1.29 is 14.4 Å². The van der Waals surface area contributed by atoms with Gasteiger partial charge in [0, 0.05) is 20.2 Å². The maximum atomic E-state index is 12.3. The number of carbonyl (C=O) groups is 3. The summed E-state index contributed by atoms with van der Waals surface area (Å²) in [4.78, 5) is 35.5. The molecule has 1 unspecified atom stereocenters. The van der Waals surface area contributed by atoms with E-state index < -0.39 is 11.9 Å². The quantitative estimate of drug-likeness (QED) is 0.707. The van der Waals surface area contributed by atoms with Crippen molar-refractivity contribution in [3.05, 3.63) is 24.0 Å². The van der Waals surface area contributed by atoms with Crippen LogP contribution in [0.4, 0.5) is 0 Å². The summed E-state index contributed by atoms with van der Waals surface area (Å²) in [5.41, 5.74) is 5.25. The molecule has 0 radical (unpaired) electrons. The van der Waals surface area contributed by atoms with Crippen molar-refractivity contribution in [3.63, 3.8) is 0 Å².